The topological polar surface area (TPSA) is 91.7 Å². The van der Waals surface area contributed by atoms with E-state index in [1.54, 1.807) is 36.0 Å². The predicted octanol–water partition coefficient (Wildman–Crippen LogP) is 3.66. The van der Waals surface area contributed by atoms with Gasteiger partial charge in [-0.2, -0.15) is 5.26 Å². The fourth-order valence-corrected chi connectivity index (χ4v) is 5.35. The van der Waals surface area contributed by atoms with Crippen molar-refractivity contribution in [2.45, 2.75) is 39.8 Å². The number of carbonyl (C=O) groups excluding carboxylic acids is 1. The number of anilines is 1. The largest absolute Gasteiger partial charge is 0.467 e. The molecule has 2 aromatic rings. The van der Waals surface area contributed by atoms with Gasteiger partial charge in [0, 0.05) is 25.2 Å². The highest BCUT2D eigenvalue weighted by Crippen LogP contribution is 2.36. The predicted molar refractivity (Wildman–Crippen MR) is 136 cm³/mol. The monoisotopic (exact) mass is 498 g/mol. The third-order valence-corrected chi connectivity index (χ3v) is 7.31. The highest BCUT2D eigenvalue weighted by molar-refractivity contribution is 8.26. The van der Waals surface area contributed by atoms with Gasteiger partial charge in [0.1, 0.15) is 27.5 Å². The lowest BCUT2D eigenvalue weighted by atomic mass is 10.0. The van der Waals surface area contributed by atoms with Gasteiger partial charge in [-0.15, -0.1) is 0 Å². The number of nitriles is 1. The van der Waals surface area contributed by atoms with Crippen molar-refractivity contribution in [2.24, 2.45) is 0 Å². The van der Waals surface area contributed by atoms with Crippen molar-refractivity contribution < 1.29 is 13.9 Å². The van der Waals surface area contributed by atoms with E-state index < -0.39 is 0 Å². The van der Waals surface area contributed by atoms with Gasteiger partial charge in [-0.1, -0.05) is 37.3 Å². The SMILES string of the molecule is CCCCn1c(N2CCOCC2)c(/C=C2\SC(=S)N(Cc3ccco3)C2=O)c(C)c(C#N)c1=O. The Morgan fingerprint density at radius 3 is 2.71 bits per heavy atom. The molecule has 2 fully saturated rings. The number of unbranched alkanes of at least 4 members (excludes halogenated alkanes) is 1. The van der Waals surface area contributed by atoms with Gasteiger partial charge in [0.2, 0.25) is 0 Å². The van der Waals surface area contributed by atoms with Crippen LogP contribution in [0.15, 0.2) is 32.5 Å². The van der Waals surface area contributed by atoms with Gasteiger partial charge >= 0.3 is 0 Å². The van der Waals surface area contributed by atoms with Crippen LogP contribution in [-0.4, -0.2) is 46.0 Å². The van der Waals surface area contributed by atoms with E-state index in [0.717, 1.165) is 18.7 Å². The van der Waals surface area contributed by atoms with E-state index in [0.29, 0.717) is 59.0 Å². The minimum atomic E-state index is -0.294. The number of morpholine rings is 1. The normalized spacial score (nSPS) is 17.6. The molecule has 0 atom stereocenters. The summed E-state index contributed by atoms with van der Waals surface area (Å²) in [5.74, 6) is 1.15. The third-order valence-electron chi connectivity index (χ3n) is 5.94. The van der Waals surface area contributed by atoms with Crippen LogP contribution in [0.3, 0.4) is 0 Å². The Balaban J connectivity index is 1.83. The van der Waals surface area contributed by atoms with Crippen LogP contribution in [0.5, 0.6) is 0 Å². The van der Waals surface area contributed by atoms with Crippen molar-refractivity contribution in [3.8, 4) is 6.07 Å². The van der Waals surface area contributed by atoms with Gasteiger partial charge in [0.25, 0.3) is 11.5 Å². The van der Waals surface area contributed by atoms with E-state index >= 15 is 0 Å². The number of amides is 1. The van der Waals surface area contributed by atoms with Crippen molar-refractivity contribution in [1.29, 1.82) is 5.26 Å². The summed E-state index contributed by atoms with van der Waals surface area (Å²) in [6.07, 6.45) is 5.05. The Bertz CT molecular complexity index is 1220. The Kier molecular flexibility index (Phi) is 7.56. The second-order valence-electron chi connectivity index (χ2n) is 8.11. The summed E-state index contributed by atoms with van der Waals surface area (Å²) >= 11 is 6.70. The minimum Gasteiger partial charge on any atom is -0.467 e. The zero-order chi connectivity index (χ0) is 24.2. The van der Waals surface area contributed by atoms with Crippen molar-refractivity contribution in [3.63, 3.8) is 0 Å². The van der Waals surface area contributed by atoms with Gasteiger partial charge in [-0.05, 0) is 37.1 Å². The summed E-state index contributed by atoms with van der Waals surface area (Å²) in [6.45, 7) is 6.92. The summed E-state index contributed by atoms with van der Waals surface area (Å²) in [5.41, 5.74) is 1.08. The maximum atomic E-state index is 13.3. The molecule has 0 aromatic carbocycles. The maximum absolute atomic E-state index is 13.3. The van der Waals surface area contributed by atoms with Gasteiger partial charge in [-0.25, -0.2) is 0 Å². The van der Waals surface area contributed by atoms with Crippen LogP contribution in [0, 0.1) is 18.3 Å². The lowest BCUT2D eigenvalue weighted by molar-refractivity contribution is -0.122. The molecule has 0 N–H and O–H groups in total. The van der Waals surface area contributed by atoms with Crippen LogP contribution in [0.1, 0.15) is 42.2 Å². The zero-order valence-corrected chi connectivity index (χ0v) is 20.8. The van der Waals surface area contributed by atoms with Crippen molar-refractivity contribution in [1.82, 2.24) is 9.47 Å². The van der Waals surface area contributed by atoms with Crippen molar-refractivity contribution in [2.75, 3.05) is 31.2 Å². The molecular weight excluding hydrogens is 472 g/mol. The number of hydrogen-bond acceptors (Lipinski definition) is 8. The second kappa shape index (κ2) is 10.6. The Hall–Kier alpha value is -2.87. The molecule has 8 nitrogen and oxygen atoms in total. The molecule has 0 unspecified atom stereocenters. The highest BCUT2D eigenvalue weighted by atomic mass is 32.2. The number of thioether (sulfide) groups is 1. The highest BCUT2D eigenvalue weighted by Gasteiger charge is 2.34. The van der Waals surface area contributed by atoms with Crippen LogP contribution in [0.25, 0.3) is 6.08 Å². The van der Waals surface area contributed by atoms with E-state index in [2.05, 4.69) is 17.9 Å². The Morgan fingerprint density at radius 2 is 2.06 bits per heavy atom. The van der Waals surface area contributed by atoms with Crippen LogP contribution < -0.4 is 10.5 Å². The molecule has 2 aromatic heterocycles. The van der Waals surface area contributed by atoms with Crippen molar-refractivity contribution in [3.05, 3.63) is 56.1 Å². The number of nitrogens with zero attached hydrogens (tertiary/aromatic N) is 4. The van der Waals surface area contributed by atoms with E-state index in [4.69, 9.17) is 21.4 Å². The molecule has 10 heteroatoms. The lowest BCUT2D eigenvalue weighted by Crippen LogP contribution is -2.41. The van der Waals surface area contributed by atoms with Crippen LogP contribution >= 0.6 is 24.0 Å². The number of furan rings is 1. The number of carbonyl (C=O) groups is 1. The number of thiocarbonyl (C=S) groups is 1. The molecule has 0 bridgehead atoms. The van der Waals surface area contributed by atoms with Crippen LogP contribution in [0.2, 0.25) is 0 Å². The summed E-state index contributed by atoms with van der Waals surface area (Å²) in [4.78, 5) is 30.6. The van der Waals surface area contributed by atoms with Gasteiger partial charge in [0.15, 0.2) is 0 Å². The van der Waals surface area contributed by atoms with Crippen molar-refractivity contribution >= 4 is 46.1 Å². The molecule has 34 heavy (non-hydrogen) atoms. The molecule has 0 aliphatic carbocycles. The third kappa shape index (κ3) is 4.69. The summed E-state index contributed by atoms with van der Waals surface area (Å²) in [5, 5.41) is 9.79. The fraction of sp³-hybridized carbons (Fsp3) is 0.417. The average Bonchev–Trinajstić information content (AvgIpc) is 3.45. The molecule has 0 saturated carbocycles. The van der Waals surface area contributed by atoms with E-state index in [1.807, 2.05) is 0 Å². The van der Waals surface area contributed by atoms with Gasteiger partial charge < -0.3 is 14.1 Å². The molecular formula is C24H26N4O4S2. The quantitative estimate of drug-likeness (QED) is 0.422. The molecule has 2 aliphatic heterocycles. The van der Waals surface area contributed by atoms with E-state index in [-0.39, 0.29) is 23.6 Å². The maximum Gasteiger partial charge on any atom is 0.270 e. The number of rotatable bonds is 7. The molecule has 2 aliphatic rings. The Labute approximate surface area is 207 Å². The first-order valence-electron chi connectivity index (χ1n) is 11.2. The molecule has 0 radical (unpaired) electrons. The lowest BCUT2D eigenvalue weighted by Gasteiger charge is -2.33. The molecule has 4 heterocycles. The number of aromatic nitrogens is 1. The molecule has 4 rings (SSSR count). The van der Waals surface area contributed by atoms with Gasteiger partial charge in [-0.3, -0.25) is 19.1 Å². The van der Waals surface area contributed by atoms with Crippen LogP contribution in [0.4, 0.5) is 5.82 Å². The first-order valence-corrected chi connectivity index (χ1v) is 12.5. The molecule has 178 valence electrons. The first-order chi connectivity index (χ1) is 16.5. The van der Waals surface area contributed by atoms with Crippen LogP contribution in [-0.2, 0) is 22.6 Å². The minimum absolute atomic E-state index is 0.102. The van der Waals surface area contributed by atoms with Gasteiger partial charge in [0.05, 0.1) is 30.9 Å². The van der Waals surface area contributed by atoms with E-state index in [9.17, 15) is 14.9 Å². The molecule has 0 spiro atoms. The zero-order valence-electron chi connectivity index (χ0n) is 19.2. The standard InChI is InChI=1S/C24H26N4O4S2/c1-3-4-7-27-21(26-8-11-31-12-9-26)18(16(2)19(14-25)22(27)29)13-20-23(30)28(24(33)34-20)15-17-6-5-10-32-17/h5-6,10,13H,3-4,7-9,11-12,15H2,1-2H3/b20-13-. The molecule has 1 amide bonds. The molecule has 2 saturated heterocycles. The number of ether oxygens (including phenoxy) is 1. The summed E-state index contributed by atoms with van der Waals surface area (Å²) < 4.78 is 13.0. The number of hydrogen-bond donors (Lipinski definition) is 0. The Morgan fingerprint density at radius 1 is 1.29 bits per heavy atom. The smallest absolute Gasteiger partial charge is 0.270 e. The summed E-state index contributed by atoms with van der Waals surface area (Å²) in [7, 11) is 0. The second-order valence-corrected chi connectivity index (χ2v) is 9.78. The fourth-order valence-electron chi connectivity index (χ4n) is 4.11. The first kappa shape index (κ1) is 24.3. The number of pyridine rings is 1. The average molecular weight is 499 g/mol. The summed E-state index contributed by atoms with van der Waals surface area (Å²) in [6, 6.07) is 5.65. The van der Waals surface area contributed by atoms with E-state index in [1.165, 1.54) is 16.7 Å².